The van der Waals surface area contributed by atoms with Crippen LogP contribution in [0.3, 0.4) is 0 Å². The fraction of sp³-hybridized carbons (Fsp3) is 0.917. The van der Waals surface area contributed by atoms with Crippen LogP contribution in [0.1, 0.15) is 91.9 Å². The molecule has 4 aliphatic carbocycles. The van der Waals surface area contributed by atoms with E-state index >= 15 is 0 Å². The maximum absolute atomic E-state index is 10.9. The summed E-state index contributed by atoms with van der Waals surface area (Å²) in [5.41, 5.74) is 2.09. The summed E-state index contributed by atoms with van der Waals surface area (Å²) in [7, 11) is 0. The zero-order chi connectivity index (χ0) is 18.0. The van der Waals surface area contributed by atoms with Crippen LogP contribution >= 0.6 is 0 Å². The minimum atomic E-state index is -0.362. The first-order chi connectivity index (χ1) is 11.7. The minimum Gasteiger partial charge on any atom is -0.390 e. The molecule has 4 fully saturated rings. The molecule has 0 radical (unpaired) electrons. The highest BCUT2D eigenvalue weighted by atomic mass is 16.3. The molecule has 0 amide bonds. The van der Waals surface area contributed by atoms with Gasteiger partial charge in [0.15, 0.2) is 0 Å². The molecule has 142 valence electrons. The first kappa shape index (κ1) is 18.1. The molecule has 25 heavy (non-hydrogen) atoms. The minimum absolute atomic E-state index is 0.362. The van der Waals surface area contributed by atoms with E-state index in [1.807, 2.05) is 0 Å². The predicted molar refractivity (Wildman–Crippen MR) is 105 cm³/mol. The summed E-state index contributed by atoms with van der Waals surface area (Å²) in [5.74, 6) is 4.31. The molecule has 1 N–H and O–H groups in total. The van der Waals surface area contributed by atoms with Crippen molar-refractivity contribution in [1.82, 2.24) is 0 Å². The quantitative estimate of drug-likeness (QED) is 0.578. The van der Waals surface area contributed by atoms with Gasteiger partial charge in [0.2, 0.25) is 0 Å². The Morgan fingerprint density at radius 2 is 1.68 bits per heavy atom. The molecule has 8 atom stereocenters. The Bertz CT molecular complexity index is 552. The Hall–Kier alpha value is -0.300. The number of hydrogen-bond acceptors (Lipinski definition) is 1. The maximum Gasteiger partial charge on any atom is 0.0648 e. The van der Waals surface area contributed by atoms with E-state index in [9.17, 15) is 5.11 Å². The summed E-state index contributed by atoms with van der Waals surface area (Å²) in [4.78, 5) is 0. The third-order valence-corrected chi connectivity index (χ3v) is 10.1. The molecule has 1 nitrogen and oxygen atoms in total. The van der Waals surface area contributed by atoms with E-state index in [0.29, 0.717) is 10.8 Å². The van der Waals surface area contributed by atoms with Gasteiger partial charge in [-0.05, 0) is 112 Å². The van der Waals surface area contributed by atoms with Gasteiger partial charge in [0.25, 0.3) is 0 Å². The van der Waals surface area contributed by atoms with E-state index in [1.54, 1.807) is 0 Å². The molecule has 1 heteroatoms. The van der Waals surface area contributed by atoms with Crippen molar-refractivity contribution in [2.24, 2.45) is 40.4 Å². The number of aliphatic hydroxyl groups is 1. The first-order valence-electron chi connectivity index (χ1n) is 11.1. The van der Waals surface area contributed by atoms with Crippen molar-refractivity contribution in [3.05, 3.63) is 12.2 Å². The molecular formula is C24H40O. The van der Waals surface area contributed by atoms with Crippen molar-refractivity contribution in [3.8, 4) is 0 Å². The van der Waals surface area contributed by atoms with Gasteiger partial charge in [0.05, 0.1) is 5.60 Å². The van der Waals surface area contributed by atoms with Crippen LogP contribution in [0.5, 0.6) is 0 Å². The highest BCUT2D eigenvalue weighted by Gasteiger charge is 2.61. The van der Waals surface area contributed by atoms with Crippen molar-refractivity contribution >= 4 is 0 Å². The van der Waals surface area contributed by atoms with E-state index in [2.05, 4.69) is 34.3 Å². The van der Waals surface area contributed by atoms with Gasteiger partial charge in [-0.2, -0.15) is 0 Å². The standard InChI is InChI=1S/C24H40O/c1-6-24(25)14-13-22(4)17(15-24)7-8-18-20-10-9-19(16(2)3)23(20,5)12-11-21(18)22/h17-21,25H,2,6-15H2,1,3-5H3/t17-,18+,19-,20+,21+,22+,23-,24+/m1/s1. The fourth-order valence-electron chi connectivity index (χ4n) is 8.45. The summed E-state index contributed by atoms with van der Waals surface area (Å²) < 4.78 is 0. The third kappa shape index (κ3) is 2.51. The summed E-state index contributed by atoms with van der Waals surface area (Å²) in [6, 6.07) is 0. The Morgan fingerprint density at radius 3 is 2.36 bits per heavy atom. The number of fused-ring (bicyclic) bond motifs is 5. The van der Waals surface area contributed by atoms with Crippen LogP contribution in [0.2, 0.25) is 0 Å². The van der Waals surface area contributed by atoms with Gasteiger partial charge >= 0.3 is 0 Å². The van der Waals surface area contributed by atoms with Gasteiger partial charge in [-0.1, -0.05) is 32.9 Å². The van der Waals surface area contributed by atoms with Gasteiger partial charge in [-0.3, -0.25) is 0 Å². The molecule has 4 rings (SSSR count). The normalized spacial score (nSPS) is 55.2. The second-order valence-electron chi connectivity index (χ2n) is 11.0. The van der Waals surface area contributed by atoms with E-state index in [-0.39, 0.29) is 5.60 Å². The number of hydrogen-bond donors (Lipinski definition) is 1. The molecule has 0 unspecified atom stereocenters. The molecule has 0 spiro atoms. The Kier molecular flexibility index (Phi) is 4.23. The Morgan fingerprint density at radius 1 is 0.960 bits per heavy atom. The second-order valence-corrected chi connectivity index (χ2v) is 11.0. The van der Waals surface area contributed by atoms with Crippen LogP contribution in [0.4, 0.5) is 0 Å². The molecular weight excluding hydrogens is 304 g/mol. The summed E-state index contributed by atoms with van der Waals surface area (Å²) in [6.45, 7) is 14.0. The van der Waals surface area contributed by atoms with E-state index < -0.39 is 0 Å². The second kappa shape index (κ2) is 5.85. The fourth-order valence-corrected chi connectivity index (χ4v) is 8.45. The van der Waals surface area contributed by atoms with Crippen LogP contribution in [-0.4, -0.2) is 10.7 Å². The molecule has 0 aliphatic heterocycles. The molecule has 0 saturated heterocycles. The monoisotopic (exact) mass is 344 g/mol. The molecule has 4 saturated carbocycles. The topological polar surface area (TPSA) is 20.2 Å². The van der Waals surface area contributed by atoms with E-state index in [0.717, 1.165) is 48.9 Å². The smallest absolute Gasteiger partial charge is 0.0648 e. The molecule has 0 bridgehead atoms. The highest BCUT2D eigenvalue weighted by Crippen LogP contribution is 2.68. The lowest BCUT2D eigenvalue weighted by molar-refractivity contribution is -0.150. The lowest BCUT2D eigenvalue weighted by atomic mass is 9.43. The maximum atomic E-state index is 10.9. The molecule has 4 aliphatic rings. The van der Waals surface area contributed by atoms with Gasteiger partial charge in [-0.25, -0.2) is 0 Å². The zero-order valence-corrected chi connectivity index (χ0v) is 17.1. The molecule has 0 aromatic heterocycles. The van der Waals surface area contributed by atoms with Crippen LogP contribution in [0.15, 0.2) is 12.2 Å². The first-order valence-corrected chi connectivity index (χ1v) is 11.1. The van der Waals surface area contributed by atoms with Crippen LogP contribution in [0, 0.1) is 40.4 Å². The van der Waals surface area contributed by atoms with Crippen LogP contribution < -0.4 is 0 Å². The van der Waals surface area contributed by atoms with Crippen molar-refractivity contribution in [2.45, 2.75) is 97.5 Å². The lowest BCUT2D eigenvalue weighted by Gasteiger charge is -2.62. The zero-order valence-electron chi connectivity index (χ0n) is 17.1. The predicted octanol–water partition coefficient (Wildman–Crippen LogP) is 6.36. The number of rotatable bonds is 2. The molecule has 0 aromatic carbocycles. The average molecular weight is 345 g/mol. The van der Waals surface area contributed by atoms with E-state index in [4.69, 9.17) is 0 Å². The van der Waals surface area contributed by atoms with E-state index in [1.165, 1.54) is 50.5 Å². The van der Waals surface area contributed by atoms with Gasteiger partial charge in [-0.15, -0.1) is 0 Å². The SMILES string of the molecule is C=C(C)[C@H]1CC[C@H]2[C@@H]3CC[C@@H]4C[C@](O)(CC)CC[C@]4(C)[C@H]3CC[C@]12C. The van der Waals surface area contributed by atoms with Crippen LogP contribution in [-0.2, 0) is 0 Å². The highest BCUT2D eigenvalue weighted by molar-refractivity contribution is 5.15. The Balaban J connectivity index is 1.59. The van der Waals surface area contributed by atoms with Crippen molar-refractivity contribution < 1.29 is 5.11 Å². The summed E-state index contributed by atoms with van der Waals surface area (Å²) in [5, 5.41) is 10.9. The molecule has 0 heterocycles. The largest absolute Gasteiger partial charge is 0.390 e. The lowest BCUT2D eigenvalue weighted by Crippen LogP contribution is -2.55. The van der Waals surface area contributed by atoms with Crippen LogP contribution in [0.25, 0.3) is 0 Å². The summed E-state index contributed by atoms with van der Waals surface area (Å²) in [6.07, 6.45) is 12.8. The summed E-state index contributed by atoms with van der Waals surface area (Å²) >= 11 is 0. The van der Waals surface area contributed by atoms with Gasteiger partial charge in [0, 0.05) is 0 Å². The van der Waals surface area contributed by atoms with Gasteiger partial charge < -0.3 is 5.11 Å². The third-order valence-electron chi connectivity index (χ3n) is 10.1. The van der Waals surface area contributed by atoms with Crippen molar-refractivity contribution in [3.63, 3.8) is 0 Å². The van der Waals surface area contributed by atoms with Gasteiger partial charge in [0.1, 0.15) is 0 Å². The Labute approximate surface area is 155 Å². The van der Waals surface area contributed by atoms with Crippen molar-refractivity contribution in [2.75, 3.05) is 0 Å². The average Bonchev–Trinajstić information content (AvgIpc) is 2.93. The van der Waals surface area contributed by atoms with Crippen molar-refractivity contribution in [1.29, 1.82) is 0 Å². The molecule has 0 aromatic rings. The number of allylic oxidation sites excluding steroid dienone is 1.